The minimum absolute atomic E-state index is 0.133. The summed E-state index contributed by atoms with van der Waals surface area (Å²) in [4.78, 5) is 23.7. The lowest BCUT2D eigenvalue weighted by molar-refractivity contribution is -0.115. The van der Waals surface area contributed by atoms with Crippen LogP contribution in [0.3, 0.4) is 0 Å². The maximum Gasteiger partial charge on any atom is 0.411 e. The van der Waals surface area contributed by atoms with Gasteiger partial charge >= 0.3 is 6.09 Å². The van der Waals surface area contributed by atoms with Crippen LogP contribution in [-0.4, -0.2) is 18.6 Å². The van der Waals surface area contributed by atoms with E-state index < -0.39 is 6.09 Å². The molecule has 0 fully saturated rings. The summed E-state index contributed by atoms with van der Waals surface area (Å²) in [7, 11) is 0. The van der Waals surface area contributed by atoms with Crippen LogP contribution in [0.4, 0.5) is 20.6 Å². The Bertz CT molecular complexity index is 730. The molecule has 0 atom stereocenters. The Hall–Kier alpha value is -2.89. The predicted molar refractivity (Wildman–Crippen MR) is 95.0 cm³/mol. The molecule has 0 aliphatic heterocycles. The van der Waals surface area contributed by atoms with Crippen molar-refractivity contribution in [2.45, 2.75) is 20.3 Å². The first-order chi connectivity index (χ1) is 11.9. The zero-order valence-electron chi connectivity index (χ0n) is 14.2. The first kappa shape index (κ1) is 18.4. The average molecular weight is 344 g/mol. The Kier molecular flexibility index (Phi) is 6.51. The van der Waals surface area contributed by atoms with Gasteiger partial charge in [0.05, 0.1) is 13.0 Å². The Morgan fingerprint density at radius 3 is 2.32 bits per heavy atom. The zero-order valence-corrected chi connectivity index (χ0v) is 14.2. The van der Waals surface area contributed by atoms with Gasteiger partial charge in [0.2, 0.25) is 5.91 Å². The summed E-state index contributed by atoms with van der Waals surface area (Å²) in [6, 6.07) is 12.5. The van der Waals surface area contributed by atoms with Crippen molar-refractivity contribution in [2.75, 3.05) is 17.2 Å². The van der Waals surface area contributed by atoms with Gasteiger partial charge in [-0.25, -0.2) is 9.18 Å². The third-order valence-corrected chi connectivity index (χ3v) is 3.22. The van der Waals surface area contributed by atoms with Crippen LogP contribution in [0.5, 0.6) is 0 Å². The van der Waals surface area contributed by atoms with Gasteiger partial charge in [0.25, 0.3) is 0 Å². The van der Waals surface area contributed by atoms with E-state index in [9.17, 15) is 14.0 Å². The van der Waals surface area contributed by atoms with E-state index in [1.807, 2.05) is 13.8 Å². The van der Waals surface area contributed by atoms with Crippen molar-refractivity contribution < 1.29 is 18.7 Å². The number of benzene rings is 2. The molecule has 0 bridgehead atoms. The average Bonchev–Trinajstić information content (AvgIpc) is 2.55. The standard InChI is InChI=1S/C19H21FN2O3/c1-13(2)12-25-19(24)22-17-5-3-4-16(11-17)21-18(23)10-14-6-8-15(20)9-7-14/h3-9,11,13H,10,12H2,1-2H3,(H,21,23)(H,22,24). The molecule has 0 saturated heterocycles. The van der Waals surface area contributed by atoms with Crippen LogP contribution in [0.25, 0.3) is 0 Å². The van der Waals surface area contributed by atoms with Gasteiger partial charge in [0.15, 0.2) is 0 Å². The quantitative estimate of drug-likeness (QED) is 0.825. The maximum atomic E-state index is 12.9. The third kappa shape index (κ3) is 6.63. The molecule has 0 radical (unpaired) electrons. The third-order valence-electron chi connectivity index (χ3n) is 3.22. The molecular formula is C19H21FN2O3. The maximum absolute atomic E-state index is 12.9. The summed E-state index contributed by atoms with van der Waals surface area (Å²) in [5, 5.41) is 5.36. The van der Waals surface area contributed by atoms with Gasteiger partial charge in [-0.3, -0.25) is 10.1 Å². The van der Waals surface area contributed by atoms with E-state index in [4.69, 9.17) is 4.74 Å². The van der Waals surface area contributed by atoms with Gasteiger partial charge < -0.3 is 10.1 Å². The Labute approximate surface area is 146 Å². The first-order valence-electron chi connectivity index (χ1n) is 8.00. The fourth-order valence-corrected chi connectivity index (χ4v) is 2.06. The molecule has 0 saturated carbocycles. The molecule has 25 heavy (non-hydrogen) atoms. The fourth-order valence-electron chi connectivity index (χ4n) is 2.06. The van der Waals surface area contributed by atoms with E-state index in [0.717, 1.165) is 0 Å². The molecule has 2 N–H and O–H groups in total. The summed E-state index contributed by atoms with van der Waals surface area (Å²) in [5.74, 6) is -0.318. The van der Waals surface area contributed by atoms with Gasteiger partial charge in [-0.15, -0.1) is 0 Å². The highest BCUT2D eigenvalue weighted by Gasteiger charge is 2.07. The summed E-state index contributed by atoms with van der Waals surface area (Å²) < 4.78 is 17.9. The topological polar surface area (TPSA) is 67.4 Å². The number of hydrogen-bond donors (Lipinski definition) is 2. The van der Waals surface area contributed by atoms with Crippen LogP contribution in [-0.2, 0) is 16.0 Å². The predicted octanol–water partition coefficient (Wildman–Crippen LogP) is 4.21. The highest BCUT2D eigenvalue weighted by molar-refractivity contribution is 5.93. The van der Waals surface area contributed by atoms with Crippen molar-refractivity contribution in [3.8, 4) is 0 Å². The van der Waals surface area contributed by atoms with Crippen LogP contribution in [0.1, 0.15) is 19.4 Å². The van der Waals surface area contributed by atoms with Gasteiger partial charge in [-0.2, -0.15) is 0 Å². The van der Waals surface area contributed by atoms with Crippen molar-refractivity contribution in [2.24, 2.45) is 5.92 Å². The molecule has 2 aromatic carbocycles. The van der Waals surface area contributed by atoms with Crippen molar-refractivity contribution in [3.05, 3.63) is 59.9 Å². The number of hydrogen-bond acceptors (Lipinski definition) is 3. The number of amides is 2. The minimum atomic E-state index is -0.538. The van der Waals surface area contributed by atoms with Crippen molar-refractivity contribution in [1.82, 2.24) is 0 Å². The van der Waals surface area contributed by atoms with Crippen LogP contribution in [0, 0.1) is 11.7 Å². The number of ether oxygens (including phenoxy) is 1. The number of carbonyl (C=O) groups excluding carboxylic acids is 2. The zero-order chi connectivity index (χ0) is 18.2. The molecule has 0 spiro atoms. The normalized spacial score (nSPS) is 10.4. The van der Waals surface area contributed by atoms with Crippen LogP contribution in [0.15, 0.2) is 48.5 Å². The molecule has 5 nitrogen and oxygen atoms in total. The lowest BCUT2D eigenvalue weighted by Gasteiger charge is -2.10. The van der Waals surface area contributed by atoms with E-state index in [1.165, 1.54) is 12.1 Å². The van der Waals surface area contributed by atoms with E-state index >= 15 is 0 Å². The molecule has 0 aromatic heterocycles. The smallest absolute Gasteiger partial charge is 0.411 e. The lowest BCUT2D eigenvalue weighted by Crippen LogP contribution is -2.17. The van der Waals surface area contributed by atoms with E-state index in [0.29, 0.717) is 23.5 Å². The molecule has 2 rings (SSSR count). The van der Waals surface area contributed by atoms with Crippen LogP contribution >= 0.6 is 0 Å². The molecule has 6 heteroatoms. The van der Waals surface area contributed by atoms with Crippen LogP contribution in [0.2, 0.25) is 0 Å². The second-order valence-electron chi connectivity index (χ2n) is 6.05. The van der Waals surface area contributed by atoms with Crippen molar-refractivity contribution in [3.63, 3.8) is 0 Å². The Balaban J connectivity index is 1.90. The molecule has 132 valence electrons. The molecule has 0 heterocycles. The summed E-state index contributed by atoms with van der Waals surface area (Å²) in [6.07, 6.45) is -0.405. The largest absolute Gasteiger partial charge is 0.449 e. The van der Waals surface area contributed by atoms with Gasteiger partial charge in [0.1, 0.15) is 5.82 Å². The monoisotopic (exact) mass is 344 g/mol. The fraction of sp³-hybridized carbons (Fsp3) is 0.263. The molecule has 0 unspecified atom stereocenters. The van der Waals surface area contributed by atoms with Gasteiger partial charge in [-0.1, -0.05) is 32.0 Å². The molecule has 0 aliphatic carbocycles. The van der Waals surface area contributed by atoms with Crippen molar-refractivity contribution >= 4 is 23.4 Å². The lowest BCUT2D eigenvalue weighted by atomic mass is 10.1. The van der Waals surface area contributed by atoms with E-state index in [2.05, 4.69) is 10.6 Å². The van der Waals surface area contributed by atoms with Crippen LogP contribution < -0.4 is 10.6 Å². The Morgan fingerprint density at radius 1 is 1.04 bits per heavy atom. The highest BCUT2D eigenvalue weighted by Crippen LogP contribution is 2.16. The second kappa shape index (κ2) is 8.82. The van der Waals surface area contributed by atoms with Gasteiger partial charge in [0, 0.05) is 11.4 Å². The van der Waals surface area contributed by atoms with E-state index in [1.54, 1.807) is 36.4 Å². The minimum Gasteiger partial charge on any atom is -0.449 e. The number of anilines is 2. The summed E-state index contributed by atoms with van der Waals surface area (Å²) in [5.41, 5.74) is 1.78. The highest BCUT2D eigenvalue weighted by atomic mass is 19.1. The summed E-state index contributed by atoms with van der Waals surface area (Å²) in [6.45, 7) is 4.23. The second-order valence-corrected chi connectivity index (χ2v) is 6.05. The van der Waals surface area contributed by atoms with E-state index in [-0.39, 0.29) is 24.1 Å². The summed E-state index contributed by atoms with van der Waals surface area (Å²) >= 11 is 0. The Morgan fingerprint density at radius 2 is 1.68 bits per heavy atom. The molecular weight excluding hydrogens is 323 g/mol. The molecule has 0 aliphatic rings. The van der Waals surface area contributed by atoms with Crippen molar-refractivity contribution in [1.29, 1.82) is 0 Å². The van der Waals surface area contributed by atoms with Gasteiger partial charge in [-0.05, 0) is 41.8 Å². The number of halogens is 1. The number of nitrogens with one attached hydrogen (secondary N) is 2. The number of carbonyl (C=O) groups is 2. The number of rotatable bonds is 6. The first-order valence-corrected chi connectivity index (χ1v) is 8.00. The SMILES string of the molecule is CC(C)COC(=O)Nc1cccc(NC(=O)Cc2ccc(F)cc2)c1. The molecule has 2 amide bonds. The molecule has 2 aromatic rings.